The predicted molar refractivity (Wildman–Crippen MR) is 61.7 cm³/mol. The summed E-state index contributed by atoms with van der Waals surface area (Å²) in [5, 5.41) is 1.86. The molecule has 3 nitrogen and oxygen atoms in total. The van der Waals surface area contributed by atoms with Crippen molar-refractivity contribution in [3.05, 3.63) is 49.8 Å². The van der Waals surface area contributed by atoms with Gasteiger partial charge in [-0.2, -0.15) is 0 Å². The lowest BCUT2D eigenvalue weighted by molar-refractivity contribution is 0.742. The van der Waals surface area contributed by atoms with Crippen LogP contribution in [0.3, 0.4) is 0 Å². The molecule has 78 valence electrons. The number of aromatic nitrogens is 2. The second-order valence-corrected chi connectivity index (χ2v) is 4.70. The first-order chi connectivity index (χ1) is 7.15. The Labute approximate surface area is 96.0 Å². The van der Waals surface area contributed by atoms with E-state index >= 15 is 0 Å². The third kappa shape index (κ3) is 2.46. The van der Waals surface area contributed by atoms with Crippen LogP contribution in [0.25, 0.3) is 0 Å². The van der Waals surface area contributed by atoms with Crippen molar-refractivity contribution in [3.8, 4) is 0 Å². The molecule has 0 saturated carbocycles. The van der Waals surface area contributed by atoms with E-state index in [1.54, 1.807) is 16.8 Å². The van der Waals surface area contributed by atoms with E-state index in [0.717, 1.165) is 11.3 Å². The Bertz CT molecular complexity index is 532. The fourth-order valence-electron chi connectivity index (χ4n) is 1.27. The highest BCUT2D eigenvalue weighted by molar-refractivity contribution is 7.13. The van der Waals surface area contributed by atoms with Gasteiger partial charge in [0.2, 0.25) is 0 Å². The molecule has 0 radical (unpaired) electrons. The van der Waals surface area contributed by atoms with Gasteiger partial charge in [0.1, 0.15) is 0 Å². The smallest absolute Gasteiger partial charge is 0.251 e. The van der Waals surface area contributed by atoms with Crippen LogP contribution >= 0.6 is 22.9 Å². The molecular weight excluding hydrogens is 232 g/mol. The monoisotopic (exact) mass is 240 g/mol. The summed E-state index contributed by atoms with van der Waals surface area (Å²) in [5.41, 5.74) is 1.77. The fraction of sp³-hybridized carbons (Fsp3) is 0.200. The van der Waals surface area contributed by atoms with Crippen LogP contribution in [0.1, 0.15) is 11.3 Å². The lowest BCUT2D eigenvalue weighted by Gasteiger charge is -2.02. The molecule has 5 heteroatoms. The van der Waals surface area contributed by atoms with Gasteiger partial charge in [-0.3, -0.25) is 4.79 Å². The molecule has 0 aromatic carbocycles. The molecule has 0 spiro atoms. The van der Waals surface area contributed by atoms with Gasteiger partial charge in [0, 0.05) is 17.6 Å². The Morgan fingerprint density at radius 3 is 3.00 bits per heavy atom. The van der Waals surface area contributed by atoms with Crippen LogP contribution < -0.4 is 5.56 Å². The maximum Gasteiger partial charge on any atom is 0.251 e. The highest BCUT2D eigenvalue weighted by Gasteiger charge is 2.02. The summed E-state index contributed by atoms with van der Waals surface area (Å²) in [6.45, 7) is 2.37. The molecule has 0 saturated heterocycles. The number of aryl methyl sites for hydroxylation is 1. The van der Waals surface area contributed by atoms with E-state index in [1.807, 2.05) is 18.4 Å². The topological polar surface area (TPSA) is 34.9 Å². The van der Waals surface area contributed by atoms with Gasteiger partial charge in [-0.15, -0.1) is 11.3 Å². The molecule has 0 aliphatic carbocycles. The van der Waals surface area contributed by atoms with Crippen LogP contribution in [-0.2, 0) is 6.54 Å². The second-order valence-electron chi connectivity index (χ2n) is 3.26. The number of hydrogen-bond acceptors (Lipinski definition) is 3. The Balaban J connectivity index is 2.28. The van der Waals surface area contributed by atoms with Gasteiger partial charge in [0.25, 0.3) is 5.56 Å². The standard InChI is InChI=1S/C10H9ClN2OS/c1-7-2-3-13(9(14)4-7)5-8-6-15-10(11)12-8/h2-4,6H,5H2,1H3. The lowest BCUT2D eigenvalue weighted by atomic mass is 10.3. The predicted octanol–water partition coefficient (Wildman–Crippen LogP) is 2.31. The molecule has 0 amide bonds. The number of pyridine rings is 1. The Morgan fingerprint density at radius 2 is 2.40 bits per heavy atom. The Morgan fingerprint density at radius 1 is 1.60 bits per heavy atom. The highest BCUT2D eigenvalue weighted by atomic mass is 35.5. The molecule has 15 heavy (non-hydrogen) atoms. The van der Waals surface area contributed by atoms with Gasteiger partial charge >= 0.3 is 0 Å². The summed E-state index contributed by atoms with van der Waals surface area (Å²) in [4.78, 5) is 15.7. The summed E-state index contributed by atoms with van der Waals surface area (Å²) in [6, 6.07) is 3.50. The average molecular weight is 241 g/mol. The molecule has 0 atom stereocenters. The minimum Gasteiger partial charge on any atom is -0.309 e. The first kappa shape index (κ1) is 10.4. The van der Waals surface area contributed by atoms with Gasteiger partial charge in [0.05, 0.1) is 12.2 Å². The molecule has 0 unspecified atom stereocenters. The normalized spacial score (nSPS) is 10.5. The maximum atomic E-state index is 11.6. The van der Waals surface area contributed by atoms with E-state index in [0.29, 0.717) is 11.0 Å². The number of hydrogen-bond donors (Lipinski definition) is 0. The SMILES string of the molecule is Cc1ccn(Cc2csc(Cl)n2)c(=O)c1. The first-order valence-electron chi connectivity index (χ1n) is 4.42. The van der Waals surface area contributed by atoms with E-state index in [9.17, 15) is 4.79 Å². The lowest BCUT2D eigenvalue weighted by Crippen LogP contribution is -2.19. The van der Waals surface area contributed by atoms with Gasteiger partial charge in [-0.05, 0) is 18.6 Å². The number of nitrogens with zero attached hydrogens (tertiary/aromatic N) is 2. The summed E-state index contributed by atoms with van der Waals surface area (Å²) in [7, 11) is 0. The summed E-state index contributed by atoms with van der Waals surface area (Å²) in [5.74, 6) is 0. The van der Waals surface area contributed by atoms with Crippen molar-refractivity contribution >= 4 is 22.9 Å². The number of rotatable bonds is 2. The minimum absolute atomic E-state index is 0.0147. The molecule has 0 fully saturated rings. The summed E-state index contributed by atoms with van der Waals surface area (Å²) in [6.07, 6.45) is 1.77. The van der Waals surface area contributed by atoms with Crippen LogP contribution in [0.4, 0.5) is 0 Å². The van der Waals surface area contributed by atoms with Crippen LogP contribution in [0, 0.1) is 6.92 Å². The fourth-order valence-corrected chi connectivity index (χ4v) is 2.04. The van der Waals surface area contributed by atoms with Crippen molar-refractivity contribution in [3.63, 3.8) is 0 Å². The zero-order valence-electron chi connectivity index (χ0n) is 8.11. The summed E-state index contributed by atoms with van der Waals surface area (Å²) < 4.78 is 2.11. The molecule has 0 aliphatic rings. The largest absolute Gasteiger partial charge is 0.309 e. The van der Waals surface area contributed by atoms with Crippen molar-refractivity contribution in [2.75, 3.05) is 0 Å². The van der Waals surface area contributed by atoms with Crippen LogP contribution in [0.2, 0.25) is 4.47 Å². The second kappa shape index (κ2) is 4.16. The molecule has 0 N–H and O–H groups in total. The van der Waals surface area contributed by atoms with Crippen molar-refractivity contribution in [1.29, 1.82) is 0 Å². The van der Waals surface area contributed by atoms with E-state index in [1.165, 1.54) is 11.3 Å². The minimum atomic E-state index is -0.0147. The zero-order valence-corrected chi connectivity index (χ0v) is 9.68. The van der Waals surface area contributed by atoms with E-state index in [2.05, 4.69) is 4.98 Å². The highest BCUT2D eigenvalue weighted by Crippen LogP contribution is 2.15. The number of halogens is 1. The average Bonchev–Trinajstić information content (AvgIpc) is 2.56. The van der Waals surface area contributed by atoms with Crippen LogP contribution in [0.5, 0.6) is 0 Å². The molecule has 2 aromatic rings. The molecule has 0 aliphatic heterocycles. The van der Waals surface area contributed by atoms with Crippen molar-refractivity contribution < 1.29 is 0 Å². The molecule has 0 bridgehead atoms. The summed E-state index contributed by atoms with van der Waals surface area (Å²) >= 11 is 7.08. The van der Waals surface area contributed by atoms with E-state index in [-0.39, 0.29) is 5.56 Å². The Hall–Kier alpha value is -1.13. The van der Waals surface area contributed by atoms with Crippen molar-refractivity contribution in [1.82, 2.24) is 9.55 Å². The van der Waals surface area contributed by atoms with Gasteiger partial charge in [-0.25, -0.2) is 4.98 Å². The number of thiazole rings is 1. The van der Waals surface area contributed by atoms with Gasteiger partial charge in [0.15, 0.2) is 4.47 Å². The van der Waals surface area contributed by atoms with E-state index < -0.39 is 0 Å². The third-order valence-electron chi connectivity index (χ3n) is 2.01. The van der Waals surface area contributed by atoms with Crippen molar-refractivity contribution in [2.45, 2.75) is 13.5 Å². The Kier molecular flexibility index (Phi) is 2.88. The molecular formula is C10H9ClN2OS. The maximum absolute atomic E-state index is 11.6. The molecule has 2 rings (SSSR count). The third-order valence-corrected chi connectivity index (χ3v) is 3.04. The van der Waals surface area contributed by atoms with Gasteiger partial charge < -0.3 is 4.57 Å². The van der Waals surface area contributed by atoms with Crippen LogP contribution in [0.15, 0.2) is 28.5 Å². The zero-order chi connectivity index (χ0) is 10.8. The van der Waals surface area contributed by atoms with E-state index in [4.69, 9.17) is 11.6 Å². The molecule has 2 heterocycles. The first-order valence-corrected chi connectivity index (χ1v) is 5.68. The van der Waals surface area contributed by atoms with Crippen molar-refractivity contribution in [2.24, 2.45) is 0 Å². The van der Waals surface area contributed by atoms with Crippen LogP contribution in [-0.4, -0.2) is 9.55 Å². The van der Waals surface area contributed by atoms with Gasteiger partial charge in [-0.1, -0.05) is 11.6 Å². The molecule has 2 aromatic heterocycles. The quantitative estimate of drug-likeness (QED) is 0.808.